The molecule has 5 aromatic carbocycles. The molecule has 0 N–H and O–H groups in total. The summed E-state index contributed by atoms with van der Waals surface area (Å²) in [6, 6.07) is 44.5. The lowest BCUT2D eigenvalue weighted by Gasteiger charge is -2.09. The topological polar surface area (TPSA) is 73.4 Å². The van der Waals surface area contributed by atoms with Crippen LogP contribution in [-0.4, -0.2) is 8.75 Å². The Labute approximate surface area is 242 Å². The van der Waals surface area contributed by atoms with E-state index in [0.29, 0.717) is 11.1 Å². The highest BCUT2D eigenvalue weighted by molar-refractivity contribution is 7.00. The highest BCUT2D eigenvalue weighted by atomic mass is 32.1. The predicted molar refractivity (Wildman–Crippen MR) is 168 cm³/mol. The number of nitriles is 2. The summed E-state index contributed by atoms with van der Waals surface area (Å²) in [5.41, 5.74) is 10.6. The maximum absolute atomic E-state index is 9.75. The summed E-state index contributed by atoms with van der Waals surface area (Å²) in [7, 11) is 0. The van der Waals surface area contributed by atoms with Crippen molar-refractivity contribution in [2.24, 2.45) is 0 Å². The summed E-state index contributed by atoms with van der Waals surface area (Å²) >= 11 is 1.19. The number of fused-ring (bicyclic) bond motifs is 1. The van der Waals surface area contributed by atoms with Crippen LogP contribution in [-0.2, 0) is 0 Å². The fraction of sp³-hybridized carbons (Fsp3) is 0. The van der Waals surface area contributed by atoms with E-state index >= 15 is 0 Å². The van der Waals surface area contributed by atoms with E-state index in [1.54, 1.807) is 0 Å². The van der Waals surface area contributed by atoms with Gasteiger partial charge in [0.2, 0.25) is 0 Å². The molecule has 41 heavy (non-hydrogen) atoms. The Hall–Kier alpha value is -5.62. The highest BCUT2D eigenvalue weighted by Gasteiger charge is 2.14. The molecule has 6 rings (SSSR count). The van der Waals surface area contributed by atoms with Crippen molar-refractivity contribution in [2.75, 3.05) is 0 Å². The molecule has 0 spiro atoms. The second-order valence-electron chi connectivity index (χ2n) is 9.44. The first-order chi connectivity index (χ1) is 20.2. The molecule has 1 heterocycles. The summed E-state index contributed by atoms with van der Waals surface area (Å²) in [5, 5.41) is 19.5. The Morgan fingerprint density at radius 2 is 0.902 bits per heavy atom. The minimum absolute atomic E-state index is 0.611. The van der Waals surface area contributed by atoms with Gasteiger partial charge in [0.05, 0.1) is 35.0 Å². The first-order valence-electron chi connectivity index (χ1n) is 13.0. The van der Waals surface area contributed by atoms with Crippen LogP contribution >= 0.6 is 11.7 Å². The molecule has 0 aliphatic rings. The Morgan fingerprint density at radius 3 is 1.27 bits per heavy atom. The molecular formula is C36H22N4S. The summed E-state index contributed by atoms with van der Waals surface area (Å²) in [5.74, 6) is 0. The smallest absolute Gasteiger partial charge is 0.113 e. The predicted octanol–water partition coefficient (Wildman–Crippen LogP) is 9.15. The van der Waals surface area contributed by atoms with Crippen molar-refractivity contribution >= 4 is 46.1 Å². The van der Waals surface area contributed by atoms with Crippen molar-refractivity contribution < 1.29 is 0 Å². The van der Waals surface area contributed by atoms with Crippen molar-refractivity contribution in [1.82, 2.24) is 8.75 Å². The minimum Gasteiger partial charge on any atom is -0.192 e. The van der Waals surface area contributed by atoms with Crippen molar-refractivity contribution in [3.8, 4) is 34.4 Å². The van der Waals surface area contributed by atoms with Gasteiger partial charge in [-0.05, 0) is 45.5 Å². The number of aromatic nitrogens is 2. The molecule has 0 aliphatic carbocycles. The molecule has 6 aromatic rings. The lowest BCUT2D eigenvalue weighted by Crippen LogP contribution is -1.88. The zero-order valence-electron chi connectivity index (χ0n) is 21.9. The Balaban J connectivity index is 1.30. The molecule has 0 atom stereocenters. The van der Waals surface area contributed by atoms with Gasteiger partial charge < -0.3 is 0 Å². The lowest BCUT2D eigenvalue weighted by atomic mass is 9.95. The van der Waals surface area contributed by atoms with E-state index in [9.17, 15) is 10.5 Å². The molecule has 0 saturated heterocycles. The van der Waals surface area contributed by atoms with Crippen LogP contribution in [0.3, 0.4) is 0 Å². The zero-order chi connectivity index (χ0) is 28.0. The first-order valence-corrected chi connectivity index (χ1v) is 13.8. The monoisotopic (exact) mass is 542 g/mol. The molecule has 0 saturated carbocycles. The van der Waals surface area contributed by atoms with E-state index in [1.807, 2.05) is 121 Å². The van der Waals surface area contributed by atoms with Gasteiger partial charge in [-0.25, -0.2) is 0 Å². The second-order valence-corrected chi connectivity index (χ2v) is 9.97. The third kappa shape index (κ3) is 5.44. The van der Waals surface area contributed by atoms with Crippen LogP contribution in [0.5, 0.6) is 0 Å². The van der Waals surface area contributed by atoms with E-state index in [-0.39, 0.29) is 0 Å². The van der Waals surface area contributed by atoms with Gasteiger partial charge in [-0.15, -0.1) is 0 Å². The fourth-order valence-electron chi connectivity index (χ4n) is 4.78. The molecule has 5 heteroatoms. The summed E-state index contributed by atoms with van der Waals surface area (Å²) in [6.07, 6.45) is 3.79. The van der Waals surface area contributed by atoms with E-state index in [4.69, 9.17) is 0 Å². The number of hydrogen-bond donors (Lipinski definition) is 0. The van der Waals surface area contributed by atoms with Crippen molar-refractivity contribution in [3.63, 3.8) is 0 Å². The highest BCUT2D eigenvalue weighted by Crippen LogP contribution is 2.35. The molecule has 1 aromatic heterocycles. The number of benzene rings is 5. The van der Waals surface area contributed by atoms with Gasteiger partial charge in [-0.1, -0.05) is 121 Å². The van der Waals surface area contributed by atoms with E-state index in [0.717, 1.165) is 55.5 Å². The quantitative estimate of drug-likeness (QED) is 0.155. The Bertz CT molecular complexity index is 1830. The summed E-state index contributed by atoms with van der Waals surface area (Å²) in [4.78, 5) is 0. The van der Waals surface area contributed by atoms with Gasteiger partial charge in [-0.3, -0.25) is 0 Å². The standard InChI is InChI=1S/C36H22N4S/c37-23-31(21-25-7-3-1-4-8-25)27-11-15-29(16-12-27)33-19-20-34(36-35(33)39-41-40-36)30-17-13-28(14-18-30)32(24-38)22-26-9-5-2-6-10-26/h1-22H/b31-21-,32-22-. The van der Waals surface area contributed by atoms with Crippen LogP contribution in [0.15, 0.2) is 121 Å². The molecule has 0 amide bonds. The SMILES string of the molecule is N#C/C(=C/c1ccccc1)c1ccc(-c2ccc(-c3ccc(/C(C#N)=C\c4ccccc4)cc3)c3nsnc23)cc1. The second kappa shape index (κ2) is 11.6. The van der Waals surface area contributed by atoms with Gasteiger partial charge in [0.25, 0.3) is 0 Å². The van der Waals surface area contributed by atoms with Gasteiger partial charge in [0, 0.05) is 11.1 Å². The number of nitrogens with zero attached hydrogens (tertiary/aromatic N) is 4. The van der Waals surface area contributed by atoms with Gasteiger partial charge >= 0.3 is 0 Å². The van der Waals surface area contributed by atoms with Gasteiger partial charge in [0.1, 0.15) is 11.0 Å². The van der Waals surface area contributed by atoms with E-state index < -0.39 is 0 Å². The average molecular weight is 543 g/mol. The molecule has 0 bridgehead atoms. The Kier molecular flexibility index (Phi) is 7.28. The van der Waals surface area contributed by atoms with Gasteiger partial charge in [0.15, 0.2) is 0 Å². The van der Waals surface area contributed by atoms with Crippen LogP contribution < -0.4 is 0 Å². The maximum Gasteiger partial charge on any atom is 0.113 e. The summed E-state index contributed by atoms with van der Waals surface area (Å²) < 4.78 is 9.26. The molecule has 4 nitrogen and oxygen atoms in total. The molecule has 192 valence electrons. The number of hydrogen-bond acceptors (Lipinski definition) is 5. The Morgan fingerprint density at radius 1 is 0.512 bits per heavy atom. The fourth-order valence-corrected chi connectivity index (χ4v) is 5.36. The zero-order valence-corrected chi connectivity index (χ0v) is 22.7. The third-order valence-corrected chi connectivity index (χ3v) is 7.42. The average Bonchev–Trinajstić information content (AvgIpc) is 3.54. The lowest BCUT2D eigenvalue weighted by molar-refractivity contribution is 1.51. The van der Waals surface area contributed by atoms with Crippen molar-refractivity contribution in [3.05, 3.63) is 144 Å². The van der Waals surface area contributed by atoms with E-state index in [1.165, 1.54) is 11.7 Å². The molecule has 0 radical (unpaired) electrons. The van der Waals surface area contributed by atoms with Gasteiger partial charge in [-0.2, -0.15) is 19.3 Å². The van der Waals surface area contributed by atoms with Crippen LogP contribution in [0.25, 0.3) is 56.6 Å². The van der Waals surface area contributed by atoms with Crippen LogP contribution in [0.1, 0.15) is 22.3 Å². The normalized spacial score (nSPS) is 11.7. The summed E-state index contributed by atoms with van der Waals surface area (Å²) in [6.45, 7) is 0. The largest absolute Gasteiger partial charge is 0.192 e. The molecule has 0 aliphatic heterocycles. The van der Waals surface area contributed by atoms with E-state index in [2.05, 4.69) is 33.0 Å². The number of allylic oxidation sites excluding steroid dienone is 2. The van der Waals surface area contributed by atoms with Crippen molar-refractivity contribution in [2.45, 2.75) is 0 Å². The maximum atomic E-state index is 9.75. The van der Waals surface area contributed by atoms with Crippen LogP contribution in [0, 0.1) is 22.7 Å². The number of rotatable bonds is 6. The first kappa shape index (κ1) is 25.6. The molecule has 0 unspecified atom stereocenters. The van der Waals surface area contributed by atoms with Crippen LogP contribution in [0.2, 0.25) is 0 Å². The molecule has 0 fully saturated rings. The minimum atomic E-state index is 0.611. The molecular weight excluding hydrogens is 520 g/mol. The van der Waals surface area contributed by atoms with Crippen molar-refractivity contribution in [1.29, 1.82) is 10.5 Å². The van der Waals surface area contributed by atoms with Crippen LogP contribution in [0.4, 0.5) is 0 Å². The third-order valence-electron chi connectivity index (χ3n) is 6.89.